The molecule has 0 bridgehead atoms. The zero-order chi connectivity index (χ0) is 13.8. The topological polar surface area (TPSA) is 61.8 Å². The molecule has 0 spiro atoms. The summed E-state index contributed by atoms with van der Waals surface area (Å²) >= 11 is 0. The lowest BCUT2D eigenvalue weighted by Crippen LogP contribution is -2.30. The van der Waals surface area contributed by atoms with Crippen LogP contribution in [0.3, 0.4) is 0 Å². The molecule has 3 N–H and O–H groups in total. The molecule has 1 aromatic carbocycles. The third kappa shape index (κ3) is 4.62. The SMILES string of the molecule is CN(Cc1ccc(/C(N)=N/O)cc1)CC(F)(F)F. The third-order valence-corrected chi connectivity index (χ3v) is 2.26. The molecule has 18 heavy (non-hydrogen) atoms. The first kappa shape index (κ1) is 14.3. The van der Waals surface area contributed by atoms with Crippen LogP contribution in [0.25, 0.3) is 0 Å². The van der Waals surface area contributed by atoms with Crippen molar-refractivity contribution in [2.45, 2.75) is 12.7 Å². The van der Waals surface area contributed by atoms with Gasteiger partial charge < -0.3 is 10.9 Å². The average Bonchev–Trinajstić information content (AvgIpc) is 2.26. The number of hydrogen-bond acceptors (Lipinski definition) is 3. The summed E-state index contributed by atoms with van der Waals surface area (Å²) in [6.07, 6.45) is -4.21. The summed E-state index contributed by atoms with van der Waals surface area (Å²) in [5.74, 6) is -0.0369. The van der Waals surface area contributed by atoms with Crippen LogP contribution in [0.5, 0.6) is 0 Å². The quantitative estimate of drug-likeness (QED) is 0.376. The summed E-state index contributed by atoms with van der Waals surface area (Å²) in [5.41, 5.74) is 6.60. The van der Waals surface area contributed by atoms with Crippen molar-refractivity contribution < 1.29 is 18.4 Å². The molecule has 0 atom stereocenters. The Morgan fingerprint density at radius 1 is 1.33 bits per heavy atom. The van der Waals surface area contributed by atoms with Crippen LogP contribution in [0.15, 0.2) is 29.4 Å². The van der Waals surface area contributed by atoms with E-state index in [1.807, 2.05) is 0 Å². The first-order valence-corrected chi connectivity index (χ1v) is 5.14. The lowest BCUT2D eigenvalue weighted by atomic mass is 10.1. The minimum absolute atomic E-state index is 0.0369. The van der Waals surface area contributed by atoms with Crippen LogP contribution in [0.2, 0.25) is 0 Å². The van der Waals surface area contributed by atoms with E-state index in [4.69, 9.17) is 10.9 Å². The van der Waals surface area contributed by atoms with Crippen molar-refractivity contribution in [1.82, 2.24) is 4.90 Å². The van der Waals surface area contributed by atoms with Crippen molar-refractivity contribution >= 4 is 5.84 Å². The molecule has 0 heterocycles. The van der Waals surface area contributed by atoms with Gasteiger partial charge in [-0.15, -0.1) is 0 Å². The normalized spacial score (nSPS) is 13.1. The largest absolute Gasteiger partial charge is 0.409 e. The number of oxime groups is 1. The Kier molecular flexibility index (Phi) is 4.55. The van der Waals surface area contributed by atoms with Gasteiger partial charge in [-0.2, -0.15) is 13.2 Å². The van der Waals surface area contributed by atoms with E-state index < -0.39 is 12.7 Å². The second kappa shape index (κ2) is 5.72. The van der Waals surface area contributed by atoms with Crippen LogP contribution >= 0.6 is 0 Å². The fraction of sp³-hybridized carbons (Fsp3) is 0.364. The van der Waals surface area contributed by atoms with Crippen LogP contribution in [0, 0.1) is 0 Å². The monoisotopic (exact) mass is 261 g/mol. The number of rotatable bonds is 4. The van der Waals surface area contributed by atoms with Gasteiger partial charge in [0.15, 0.2) is 5.84 Å². The van der Waals surface area contributed by atoms with E-state index in [-0.39, 0.29) is 12.4 Å². The Bertz CT molecular complexity index is 415. The van der Waals surface area contributed by atoms with E-state index >= 15 is 0 Å². The van der Waals surface area contributed by atoms with Crippen molar-refractivity contribution in [2.24, 2.45) is 10.9 Å². The van der Waals surface area contributed by atoms with Gasteiger partial charge in [-0.3, -0.25) is 4.90 Å². The molecule has 0 aliphatic carbocycles. The maximum absolute atomic E-state index is 12.1. The molecular weight excluding hydrogens is 247 g/mol. The van der Waals surface area contributed by atoms with Crippen molar-refractivity contribution in [3.63, 3.8) is 0 Å². The number of nitrogens with zero attached hydrogens (tertiary/aromatic N) is 2. The number of halogens is 3. The van der Waals surface area contributed by atoms with Gasteiger partial charge >= 0.3 is 6.18 Å². The number of hydrogen-bond donors (Lipinski definition) is 2. The standard InChI is InChI=1S/C11H14F3N3O/c1-17(7-11(12,13)14)6-8-2-4-9(5-3-8)10(15)16-18/h2-5,18H,6-7H2,1H3,(H2,15,16). The van der Waals surface area contributed by atoms with Gasteiger partial charge in [0.25, 0.3) is 0 Å². The predicted octanol–water partition coefficient (Wildman–Crippen LogP) is 1.78. The molecule has 0 fully saturated rings. The van der Waals surface area contributed by atoms with Gasteiger partial charge in [-0.25, -0.2) is 0 Å². The predicted molar refractivity (Wildman–Crippen MR) is 61.3 cm³/mol. The first-order valence-electron chi connectivity index (χ1n) is 5.14. The lowest BCUT2D eigenvalue weighted by Gasteiger charge is -2.18. The third-order valence-electron chi connectivity index (χ3n) is 2.26. The molecule has 100 valence electrons. The summed E-state index contributed by atoms with van der Waals surface area (Å²) in [6.45, 7) is -0.787. The minimum Gasteiger partial charge on any atom is -0.409 e. The van der Waals surface area contributed by atoms with Gasteiger partial charge in [0.05, 0.1) is 6.54 Å². The Morgan fingerprint density at radius 2 is 1.89 bits per heavy atom. The molecule has 0 radical (unpaired) electrons. The van der Waals surface area contributed by atoms with Gasteiger partial charge in [-0.05, 0) is 12.6 Å². The highest BCUT2D eigenvalue weighted by molar-refractivity contribution is 5.96. The molecule has 1 aromatic rings. The molecular formula is C11H14F3N3O. The summed E-state index contributed by atoms with van der Waals surface area (Å²) in [5, 5.41) is 11.3. The van der Waals surface area contributed by atoms with E-state index in [0.717, 1.165) is 5.56 Å². The number of alkyl halides is 3. The van der Waals surface area contributed by atoms with Gasteiger partial charge in [-0.1, -0.05) is 29.4 Å². The molecule has 0 aliphatic heterocycles. The fourth-order valence-electron chi connectivity index (χ4n) is 1.51. The van der Waals surface area contributed by atoms with E-state index in [0.29, 0.717) is 5.56 Å². The smallest absolute Gasteiger partial charge is 0.401 e. The lowest BCUT2D eigenvalue weighted by molar-refractivity contribution is -0.144. The fourth-order valence-corrected chi connectivity index (χ4v) is 1.51. The van der Waals surface area contributed by atoms with Crippen LogP contribution in [0.4, 0.5) is 13.2 Å². The van der Waals surface area contributed by atoms with Crippen LogP contribution < -0.4 is 5.73 Å². The number of amidine groups is 1. The Morgan fingerprint density at radius 3 is 2.33 bits per heavy atom. The highest BCUT2D eigenvalue weighted by Crippen LogP contribution is 2.17. The summed E-state index contributed by atoms with van der Waals surface area (Å²) in [7, 11) is 1.39. The minimum atomic E-state index is -4.21. The van der Waals surface area contributed by atoms with Gasteiger partial charge in [0, 0.05) is 12.1 Å². The van der Waals surface area contributed by atoms with E-state index in [1.54, 1.807) is 24.3 Å². The van der Waals surface area contributed by atoms with Crippen molar-refractivity contribution in [3.8, 4) is 0 Å². The summed E-state index contributed by atoms with van der Waals surface area (Å²) in [6, 6.07) is 6.46. The average molecular weight is 261 g/mol. The zero-order valence-corrected chi connectivity index (χ0v) is 9.78. The number of benzene rings is 1. The van der Waals surface area contributed by atoms with E-state index in [2.05, 4.69) is 5.16 Å². The van der Waals surface area contributed by atoms with Crippen LogP contribution in [-0.2, 0) is 6.54 Å². The number of nitrogens with two attached hydrogens (primary N) is 1. The Balaban J connectivity index is 2.64. The highest BCUT2D eigenvalue weighted by atomic mass is 19.4. The van der Waals surface area contributed by atoms with Crippen molar-refractivity contribution in [3.05, 3.63) is 35.4 Å². The maximum atomic E-state index is 12.1. The molecule has 0 unspecified atom stereocenters. The molecule has 0 aliphatic rings. The molecule has 7 heteroatoms. The summed E-state index contributed by atoms with van der Waals surface area (Å²) in [4.78, 5) is 1.17. The second-order valence-corrected chi connectivity index (χ2v) is 3.97. The van der Waals surface area contributed by atoms with E-state index in [1.165, 1.54) is 11.9 Å². The van der Waals surface area contributed by atoms with Gasteiger partial charge in [0.1, 0.15) is 0 Å². The Labute approximate surface area is 102 Å². The highest BCUT2D eigenvalue weighted by Gasteiger charge is 2.28. The first-order chi connectivity index (χ1) is 8.31. The molecule has 0 saturated heterocycles. The molecule has 0 amide bonds. The maximum Gasteiger partial charge on any atom is 0.401 e. The molecule has 1 rings (SSSR count). The van der Waals surface area contributed by atoms with E-state index in [9.17, 15) is 13.2 Å². The second-order valence-electron chi connectivity index (χ2n) is 3.97. The molecule has 0 aromatic heterocycles. The zero-order valence-electron chi connectivity index (χ0n) is 9.78. The van der Waals surface area contributed by atoms with Gasteiger partial charge in [0.2, 0.25) is 0 Å². The van der Waals surface area contributed by atoms with Crippen LogP contribution in [0.1, 0.15) is 11.1 Å². The molecule has 4 nitrogen and oxygen atoms in total. The van der Waals surface area contributed by atoms with Crippen molar-refractivity contribution in [1.29, 1.82) is 0 Å². The van der Waals surface area contributed by atoms with Crippen molar-refractivity contribution in [2.75, 3.05) is 13.6 Å². The van der Waals surface area contributed by atoms with Crippen LogP contribution in [-0.4, -0.2) is 35.7 Å². The Hall–Kier alpha value is -1.76. The summed E-state index contributed by atoms with van der Waals surface area (Å²) < 4.78 is 36.4. The molecule has 0 saturated carbocycles.